The number of ketones is 1. The van der Waals surface area contributed by atoms with Gasteiger partial charge in [0, 0.05) is 5.56 Å². The normalized spacial score (nSPS) is 18.9. The monoisotopic (exact) mass is 383 g/mol. The Morgan fingerprint density at radius 1 is 1.15 bits per heavy atom. The number of nitrogens with one attached hydrogen (secondary N) is 1. The number of carbonyl (C=O) groups is 3. The molecule has 3 rings (SSSR count). The zero-order valence-electron chi connectivity index (χ0n) is 15.0. The molecule has 2 aromatic carbocycles. The van der Waals surface area contributed by atoms with Crippen molar-refractivity contribution in [2.75, 3.05) is 13.7 Å². The molecule has 1 aliphatic heterocycles. The highest BCUT2D eigenvalue weighted by atomic mass is 32.2. The summed E-state index contributed by atoms with van der Waals surface area (Å²) in [5.74, 6) is 0.746. The molecular weight excluding hydrogens is 365 g/mol. The van der Waals surface area contributed by atoms with Crippen LogP contribution in [0.15, 0.2) is 48.5 Å². The second kappa shape index (κ2) is 7.88. The molecular formula is C19H18BNO5S. The fraction of sp³-hybridized carbons (Fsp3) is 0.211. The number of thioether (sulfide) groups is 1. The molecule has 1 fully saturated rings. The molecule has 8 heteroatoms. The maximum atomic E-state index is 12.2. The summed E-state index contributed by atoms with van der Waals surface area (Å²) in [5, 5.41) is 1.99. The summed E-state index contributed by atoms with van der Waals surface area (Å²) in [6.45, 7) is -0.0863. The van der Waals surface area contributed by atoms with Gasteiger partial charge in [0.25, 0.3) is 5.24 Å². The van der Waals surface area contributed by atoms with Gasteiger partial charge in [-0.05, 0) is 36.2 Å². The first-order chi connectivity index (χ1) is 12.9. The number of methoxy groups -OCH3 is 1. The molecule has 0 saturated carbocycles. The van der Waals surface area contributed by atoms with Crippen LogP contribution in [0.4, 0.5) is 4.79 Å². The zero-order chi connectivity index (χ0) is 19.4. The van der Waals surface area contributed by atoms with E-state index in [1.807, 2.05) is 12.1 Å². The Balaban J connectivity index is 1.58. The molecule has 2 amide bonds. The third-order valence-corrected chi connectivity index (χ3v) is 5.31. The molecule has 0 bridgehead atoms. The Labute approximate surface area is 162 Å². The van der Waals surface area contributed by atoms with Gasteiger partial charge in [-0.2, -0.15) is 0 Å². The second-order valence-corrected chi connectivity index (χ2v) is 7.81. The van der Waals surface area contributed by atoms with Crippen LogP contribution in [0.3, 0.4) is 0 Å². The van der Waals surface area contributed by atoms with Gasteiger partial charge in [0.05, 0.1) is 11.8 Å². The summed E-state index contributed by atoms with van der Waals surface area (Å²) in [4.78, 5) is 35.5. The summed E-state index contributed by atoms with van der Waals surface area (Å²) < 4.78 is 9.86. The van der Waals surface area contributed by atoms with Crippen LogP contribution in [0.5, 0.6) is 11.5 Å². The smallest absolute Gasteiger partial charge is 0.285 e. The highest BCUT2D eigenvalue weighted by Gasteiger charge is 2.43. The highest BCUT2D eigenvalue weighted by Crippen LogP contribution is 2.32. The largest absolute Gasteiger partial charge is 0.497 e. The van der Waals surface area contributed by atoms with E-state index in [2.05, 4.69) is 5.32 Å². The first-order valence-corrected chi connectivity index (χ1v) is 9.15. The number of rotatable bonds is 7. The van der Waals surface area contributed by atoms with E-state index in [-0.39, 0.29) is 23.5 Å². The molecule has 0 aromatic heterocycles. The minimum absolute atomic E-state index is 0.0863. The predicted molar refractivity (Wildman–Crippen MR) is 105 cm³/mol. The number of imide groups is 1. The number of amides is 2. The summed E-state index contributed by atoms with van der Waals surface area (Å²) in [6.07, 6.45) is 0.429. The van der Waals surface area contributed by atoms with Crippen molar-refractivity contribution in [3.8, 4) is 11.5 Å². The van der Waals surface area contributed by atoms with Crippen LogP contribution in [0, 0.1) is 0 Å². The van der Waals surface area contributed by atoms with Crippen molar-refractivity contribution in [3.05, 3.63) is 59.7 Å². The van der Waals surface area contributed by atoms with E-state index >= 15 is 0 Å². The molecule has 1 atom stereocenters. The van der Waals surface area contributed by atoms with Crippen LogP contribution >= 0.6 is 11.8 Å². The van der Waals surface area contributed by atoms with Crippen molar-refractivity contribution < 1.29 is 23.9 Å². The highest BCUT2D eigenvalue weighted by molar-refractivity contribution is 8.17. The Morgan fingerprint density at radius 3 is 2.52 bits per heavy atom. The topological polar surface area (TPSA) is 81.7 Å². The predicted octanol–water partition coefficient (Wildman–Crippen LogP) is 1.81. The minimum Gasteiger partial charge on any atom is -0.497 e. The van der Waals surface area contributed by atoms with E-state index in [1.165, 1.54) is 0 Å². The molecule has 1 saturated heterocycles. The van der Waals surface area contributed by atoms with Crippen molar-refractivity contribution in [1.82, 2.24) is 5.32 Å². The molecule has 2 aromatic rings. The van der Waals surface area contributed by atoms with Gasteiger partial charge >= 0.3 is 0 Å². The molecule has 0 unspecified atom stereocenters. The van der Waals surface area contributed by atoms with Crippen molar-refractivity contribution in [1.29, 1.82) is 0 Å². The summed E-state index contributed by atoms with van der Waals surface area (Å²) in [6, 6.07) is 14.1. The van der Waals surface area contributed by atoms with E-state index < -0.39 is 4.65 Å². The molecule has 138 valence electrons. The van der Waals surface area contributed by atoms with Crippen LogP contribution in [-0.4, -0.2) is 43.1 Å². The Hall–Kier alpha value is -2.74. The lowest BCUT2D eigenvalue weighted by Gasteiger charge is -2.18. The summed E-state index contributed by atoms with van der Waals surface area (Å²) in [7, 11) is 3.29. The van der Waals surface area contributed by atoms with Gasteiger partial charge in [0.15, 0.2) is 12.4 Å². The molecule has 6 nitrogen and oxygen atoms in total. The standard InChI is InChI=1S/C19H18BNO5S/c1-25-15-4-2-3-13(9-15)16(22)11-26-14-7-5-12(6-8-14)10-19(20)17(23)21-18(24)27-19/h2-9H,10-11,20H2,1H3,(H,21,23,24)/t19-/m0/s1. The number of Topliss-reactive ketones (excluding diaryl/α,β-unsaturated/α-hetero) is 1. The van der Waals surface area contributed by atoms with Gasteiger partial charge in [0.2, 0.25) is 5.91 Å². The van der Waals surface area contributed by atoms with E-state index in [0.29, 0.717) is 23.5 Å². The van der Waals surface area contributed by atoms with Gasteiger partial charge in [-0.15, -0.1) is 0 Å². The van der Waals surface area contributed by atoms with Crippen LogP contribution in [0.25, 0.3) is 0 Å². The van der Waals surface area contributed by atoms with Gasteiger partial charge in [-0.1, -0.05) is 36.0 Å². The third kappa shape index (κ3) is 4.52. The molecule has 1 heterocycles. The fourth-order valence-corrected chi connectivity index (χ4v) is 3.67. The van der Waals surface area contributed by atoms with E-state index in [9.17, 15) is 14.4 Å². The molecule has 1 N–H and O–H groups in total. The third-order valence-electron chi connectivity index (χ3n) is 4.24. The molecule has 0 radical (unpaired) electrons. The van der Waals surface area contributed by atoms with Crippen LogP contribution in [0.1, 0.15) is 15.9 Å². The number of benzene rings is 2. The molecule has 0 aliphatic carbocycles. The number of carbonyl (C=O) groups excluding carboxylic acids is 3. The zero-order valence-corrected chi connectivity index (χ0v) is 15.8. The molecule has 1 aliphatic rings. The van der Waals surface area contributed by atoms with Crippen molar-refractivity contribution in [2.45, 2.75) is 11.1 Å². The number of hydrogen-bond donors (Lipinski definition) is 1. The molecule has 0 spiro atoms. The first-order valence-electron chi connectivity index (χ1n) is 8.33. The van der Waals surface area contributed by atoms with Crippen molar-refractivity contribution in [3.63, 3.8) is 0 Å². The van der Waals surface area contributed by atoms with Crippen LogP contribution in [0.2, 0.25) is 0 Å². The fourth-order valence-electron chi connectivity index (χ4n) is 2.74. The lowest BCUT2D eigenvalue weighted by atomic mass is 9.80. The maximum Gasteiger partial charge on any atom is 0.285 e. The first kappa shape index (κ1) is 19.0. The quantitative estimate of drug-likeness (QED) is 0.580. The summed E-state index contributed by atoms with van der Waals surface area (Å²) in [5.41, 5.74) is 1.43. The Kier molecular flexibility index (Phi) is 5.55. The minimum atomic E-state index is -0.804. The Bertz CT molecular complexity index is 886. The van der Waals surface area contributed by atoms with Crippen LogP contribution in [-0.2, 0) is 11.2 Å². The van der Waals surface area contributed by atoms with E-state index in [0.717, 1.165) is 17.3 Å². The average molecular weight is 383 g/mol. The van der Waals surface area contributed by atoms with E-state index in [1.54, 1.807) is 51.4 Å². The second-order valence-electron chi connectivity index (χ2n) is 6.34. The molecule has 27 heavy (non-hydrogen) atoms. The average Bonchev–Trinajstić information content (AvgIpc) is 2.92. The Morgan fingerprint density at radius 2 is 1.89 bits per heavy atom. The van der Waals surface area contributed by atoms with Gasteiger partial charge in [-0.25, -0.2) is 0 Å². The number of ether oxygens (including phenoxy) is 2. The maximum absolute atomic E-state index is 12.2. The van der Waals surface area contributed by atoms with Gasteiger partial charge in [0.1, 0.15) is 19.3 Å². The summed E-state index contributed by atoms with van der Waals surface area (Å²) >= 11 is 1.00. The lowest BCUT2D eigenvalue weighted by Crippen LogP contribution is -2.38. The van der Waals surface area contributed by atoms with Crippen LogP contribution < -0.4 is 14.8 Å². The van der Waals surface area contributed by atoms with Gasteiger partial charge in [-0.3, -0.25) is 19.7 Å². The van der Waals surface area contributed by atoms with Crippen molar-refractivity contribution >= 4 is 36.5 Å². The van der Waals surface area contributed by atoms with E-state index in [4.69, 9.17) is 9.47 Å². The SMILES string of the molecule is B[C@@]1(Cc2ccc(OCC(=O)c3cccc(OC)c3)cc2)SC(=O)NC1=O. The lowest BCUT2D eigenvalue weighted by molar-refractivity contribution is -0.119. The van der Waals surface area contributed by atoms with Crippen molar-refractivity contribution in [2.24, 2.45) is 0 Å². The van der Waals surface area contributed by atoms with Gasteiger partial charge < -0.3 is 9.47 Å². The number of hydrogen-bond acceptors (Lipinski definition) is 6.